The summed E-state index contributed by atoms with van der Waals surface area (Å²) in [4.78, 5) is 11.7. The predicted octanol–water partition coefficient (Wildman–Crippen LogP) is 0.700. The van der Waals surface area contributed by atoms with Crippen LogP contribution in [0.25, 0.3) is 0 Å². The number of nitrogens with one attached hydrogen (secondary N) is 2. The van der Waals surface area contributed by atoms with Crippen molar-refractivity contribution in [2.75, 3.05) is 13.7 Å². The Morgan fingerprint density at radius 3 is 3.00 bits per heavy atom. The van der Waals surface area contributed by atoms with Crippen LogP contribution in [0.15, 0.2) is 0 Å². The van der Waals surface area contributed by atoms with Gasteiger partial charge in [0.25, 0.3) is 0 Å². The van der Waals surface area contributed by atoms with Gasteiger partial charge < -0.3 is 10.1 Å². The number of methoxy groups -OCH3 is 1. The van der Waals surface area contributed by atoms with E-state index >= 15 is 0 Å². The molecule has 1 saturated heterocycles. The maximum absolute atomic E-state index is 11.7. The highest BCUT2D eigenvalue weighted by Crippen LogP contribution is 2.40. The third-order valence-corrected chi connectivity index (χ3v) is 5.08. The van der Waals surface area contributed by atoms with E-state index < -0.39 is 0 Å². The fourth-order valence-corrected chi connectivity index (χ4v) is 3.87. The van der Waals surface area contributed by atoms with E-state index in [2.05, 4.69) is 25.9 Å². The predicted molar refractivity (Wildman–Crippen MR) is 75.2 cm³/mol. The first kappa shape index (κ1) is 14.4. The maximum atomic E-state index is 11.7. The molecule has 1 aliphatic heterocycles. The smallest absolute Gasteiger partial charge is 0.322 e. The molecule has 0 aromatic carbocycles. The molecule has 1 aliphatic carbocycles. The number of hydrogen-bond acceptors (Lipinski definition) is 6. The van der Waals surface area contributed by atoms with Gasteiger partial charge in [-0.2, -0.15) is 0 Å². The summed E-state index contributed by atoms with van der Waals surface area (Å²) < 4.78 is 4.86. The van der Waals surface area contributed by atoms with E-state index in [1.165, 1.54) is 26.4 Å². The number of piperidine rings is 1. The van der Waals surface area contributed by atoms with Gasteiger partial charge in [0, 0.05) is 6.42 Å². The van der Waals surface area contributed by atoms with Gasteiger partial charge in [0.1, 0.15) is 11.9 Å². The van der Waals surface area contributed by atoms with Crippen molar-refractivity contribution in [3.8, 4) is 0 Å². The summed E-state index contributed by atoms with van der Waals surface area (Å²) in [6, 6.07) is -0.117. The minimum atomic E-state index is -0.122. The number of carbonyl (C=O) groups excluding carboxylic acids is 1. The maximum Gasteiger partial charge on any atom is 0.322 e. The summed E-state index contributed by atoms with van der Waals surface area (Å²) in [5, 5.41) is 17.3. The Labute approximate surface area is 124 Å². The Kier molecular flexibility index (Phi) is 4.48. The molecule has 7 nitrogen and oxygen atoms in total. The Balaban J connectivity index is 1.51. The monoisotopic (exact) mass is 293 g/mol. The summed E-state index contributed by atoms with van der Waals surface area (Å²) in [6.45, 7) is 0.948. The number of H-pyrrole nitrogens is 1. The normalized spacial score (nSPS) is 32.4. The first-order valence-electron chi connectivity index (χ1n) is 7.80. The van der Waals surface area contributed by atoms with Gasteiger partial charge in [-0.1, -0.05) is 6.42 Å². The quantitative estimate of drug-likeness (QED) is 0.794. The number of fused-ring (bicyclic) bond motifs is 1. The van der Waals surface area contributed by atoms with Crippen LogP contribution < -0.4 is 5.32 Å². The van der Waals surface area contributed by atoms with Crippen LogP contribution in [0.2, 0.25) is 0 Å². The minimum Gasteiger partial charge on any atom is -0.468 e. The third kappa shape index (κ3) is 3.40. The number of aromatic nitrogens is 4. The summed E-state index contributed by atoms with van der Waals surface area (Å²) >= 11 is 0. The lowest BCUT2D eigenvalue weighted by Gasteiger charge is -2.42. The first-order chi connectivity index (χ1) is 10.3. The van der Waals surface area contributed by atoms with Gasteiger partial charge in [-0.25, -0.2) is 5.10 Å². The topological polar surface area (TPSA) is 92.8 Å². The van der Waals surface area contributed by atoms with Gasteiger partial charge in [-0.05, 0) is 60.4 Å². The van der Waals surface area contributed by atoms with Crippen LogP contribution in [0.5, 0.6) is 0 Å². The molecule has 0 amide bonds. The van der Waals surface area contributed by atoms with E-state index in [4.69, 9.17) is 4.74 Å². The number of nitrogens with zero attached hydrogens (tertiary/aromatic N) is 3. The number of aromatic amines is 1. The molecule has 1 aromatic rings. The van der Waals surface area contributed by atoms with Gasteiger partial charge in [0.2, 0.25) is 0 Å². The second-order valence-corrected chi connectivity index (χ2v) is 6.31. The van der Waals surface area contributed by atoms with Crippen LogP contribution in [0.4, 0.5) is 0 Å². The lowest BCUT2D eigenvalue weighted by Crippen LogP contribution is -2.50. The zero-order valence-electron chi connectivity index (χ0n) is 12.4. The standard InChI is InChI=1S/C14H23N5O2/c1-21-14(20)12-7-11-6-9(2-4-10(11)8-15-12)3-5-13-16-18-19-17-13/h9-12,15H,2-8H2,1H3,(H,16,17,18,19)/t9-,10+,11-,12+/m1/s1. The number of rotatable bonds is 4. The molecule has 1 aromatic heterocycles. The zero-order valence-corrected chi connectivity index (χ0v) is 12.4. The molecule has 2 fully saturated rings. The fourth-order valence-electron chi connectivity index (χ4n) is 3.87. The van der Waals surface area contributed by atoms with Crippen LogP contribution in [0.1, 0.15) is 37.9 Å². The molecule has 3 rings (SSSR count). The molecule has 4 atom stereocenters. The van der Waals surface area contributed by atoms with Crippen molar-refractivity contribution in [2.24, 2.45) is 17.8 Å². The van der Waals surface area contributed by atoms with Crippen molar-refractivity contribution in [1.82, 2.24) is 25.9 Å². The van der Waals surface area contributed by atoms with E-state index in [1.54, 1.807) is 0 Å². The molecule has 0 spiro atoms. The van der Waals surface area contributed by atoms with Crippen molar-refractivity contribution in [3.63, 3.8) is 0 Å². The van der Waals surface area contributed by atoms with E-state index in [-0.39, 0.29) is 12.0 Å². The Bertz CT molecular complexity index is 464. The molecule has 0 bridgehead atoms. The van der Waals surface area contributed by atoms with Crippen LogP contribution in [-0.4, -0.2) is 46.3 Å². The van der Waals surface area contributed by atoms with Crippen molar-refractivity contribution >= 4 is 5.97 Å². The molecular formula is C14H23N5O2. The summed E-state index contributed by atoms with van der Waals surface area (Å²) in [5.74, 6) is 2.82. The van der Waals surface area contributed by atoms with Crippen molar-refractivity contribution in [3.05, 3.63) is 5.82 Å². The van der Waals surface area contributed by atoms with Crippen LogP contribution in [-0.2, 0) is 16.0 Å². The number of carbonyl (C=O) groups is 1. The summed E-state index contributed by atoms with van der Waals surface area (Å²) in [7, 11) is 1.46. The van der Waals surface area contributed by atoms with Gasteiger partial charge in [-0.15, -0.1) is 5.10 Å². The summed E-state index contributed by atoms with van der Waals surface area (Å²) in [5.41, 5.74) is 0. The highest BCUT2D eigenvalue weighted by molar-refractivity contribution is 5.75. The van der Waals surface area contributed by atoms with Crippen LogP contribution in [0, 0.1) is 17.8 Å². The lowest BCUT2D eigenvalue weighted by molar-refractivity contribution is -0.144. The molecule has 2 aliphatic rings. The lowest BCUT2D eigenvalue weighted by atomic mass is 9.69. The van der Waals surface area contributed by atoms with Gasteiger partial charge in [-0.3, -0.25) is 4.79 Å². The second kappa shape index (κ2) is 6.51. The molecular weight excluding hydrogens is 270 g/mol. The van der Waals surface area contributed by atoms with Gasteiger partial charge in [0.05, 0.1) is 7.11 Å². The zero-order chi connectivity index (χ0) is 14.7. The molecule has 21 heavy (non-hydrogen) atoms. The SMILES string of the molecule is COC(=O)[C@@H]1C[C@H]2C[C@@H](CCc3nnn[nH]3)CC[C@H]2CN1. The Hall–Kier alpha value is -1.50. The van der Waals surface area contributed by atoms with Crippen molar-refractivity contribution in [1.29, 1.82) is 0 Å². The largest absolute Gasteiger partial charge is 0.468 e. The Morgan fingerprint density at radius 2 is 2.24 bits per heavy atom. The first-order valence-corrected chi connectivity index (χ1v) is 7.80. The van der Waals surface area contributed by atoms with E-state index in [0.717, 1.165) is 31.6 Å². The third-order valence-electron chi connectivity index (χ3n) is 5.08. The second-order valence-electron chi connectivity index (χ2n) is 6.31. The van der Waals surface area contributed by atoms with E-state index in [1.807, 2.05) is 0 Å². The molecule has 7 heteroatoms. The van der Waals surface area contributed by atoms with Gasteiger partial charge in [0.15, 0.2) is 0 Å². The number of tetrazole rings is 1. The van der Waals surface area contributed by atoms with Crippen LogP contribution in [0.3, 0.4) is 0 Å². The highest BCUT2D eigenvalue weighted by Gasteiger charge is 2.37. The van der Waals surface area contributed by atoms with Crippen molar-refractivity contribution < 1.29 is 9.53 Å². The minimum absolute atomic E-state index is 0.117. The molecule has 0 radical (unpaired) electrons. The number of aryl methyl sites for hydroxylation is 1. The van der Waals surface area contributed by atoms with E-state index in [9.17, 15) is 4.79 Å². The van der Waals surface area contributed by atoms with Crippen LogP contribution >= 0.6 is 0 Å². The van der Waals surface area contributed by atoms with Crippen molar-refractivity contribution in [2.45, 2.75) is 44.6 Å². The average molecular weight is 293 g/mol. The molecule has 116 valence electrons. The highest BCUT2D eigenvalue weighted by atomic mass is 16.5. The molecule has 1 saturated carbocycles. The Morgan fingerprint density at radius 1 is 1.33 bits per heavy atom. The molecule has 0 unspecified atom stereocenters. The average Bonchev–Trinajstić information content (AvgIpc) is 3.04. The molecule has 2 heterocycles. The fraction of sp³-hybridized carbons (Fsp3) is 0.857. The molecule has 2 N–H and O–H groups in total. The summed E-state index contributed by atoms with van der Waals surface area (Å²) in [6.07, 6.45) is 6.68. The van der Waals surface area contributed by atoms with E-state index in [0.29, 0.717) is 17.8 Å². The number of ether oxygens (including phenoxy) is 1. The van der Waals surface area contributed by atoms with Gasteiger partial charge >= 0.3 is 5.97 Å². The number of esters is 1. The number of hydrogen-bond donors (Lipinski definition) is 2.